The van der Waals surface area contributed by atoms with Crippen LogP contribution in [0.25, 0.3) is 0 Å². The van der Waals surface area contributed by atoms with E-state index in [1.165, 1.54) is 0 Å². The number of aromatic nitrogens is 1. The van der Waals surface area contributed by atoms with E-state index in [-0.39, 0.29) is 17.0 Å². The number of carbonyl (C=O) groups is 3. The van der Waals surface area contributed by atoms with Gasteiger partial charge >= 0.3 is 5.97 Å². The summed E-state index contributed by atoms with van der Waals surface area (Å²) in [5.74, 6) is 0.134. The Labute approximate surface area is 195 Å². The predicted octanol–water partition coefficient (Wildman–Crippen LogP) is 4.26. The first-order valence-corrected chi connectivity index (χ1v) is 11.2. The van der Waals surface area contributed by atoms with E-state index in [9.17, 15) is 14.4 Å². The number of esters is 1. The van der Waals surface area contributed by atoms with Crippen molar-refractivity contribution in [1.29, 1.82) is 0 Å². The third-order valence-corrected chi connectivity index (χ3v) is 5.94. The first kappa shape index (κ1) is 22.5. The van der Waals surface area contributed by atoms with Gasteiger partial charge in [0.15, 0.2) is 6.10 Å². The fraction of sp³-hybridized carbons (Fsp3) is 0.200. The van der Waals surface area contributed by atoms with Crippen molar-refractivity contribution in [2.45, 2.75) is 25.5 Å². The molecule has 4 rings (SSSR count). The molecule has 168 valence electrons. The molecular formula is C25H22N2O5S. The van der Waals surface area contributed by atoms with Crippen LogP contribution in [0.5, 0.6) is 5.75 Å². The Kier molecular flexibility index (Phi) is 7.04. The molecule has 1 saturated heterocycles. The van der Waals surface area contributed by atoms with Gasteiger partial charge in [0.2, 0.25) is 5.12 Å². The van der Waals surface area contributed by atoms with Crippen molar-refractivity contribution in [2.24, 2.45) is 0 Å². The zero-order chi connectivity index (χ0) is 23.2. The number of thioether (sulfide) groups is 1. The average Bonchev–Trinajstić information content (AvgIpc) is 3.14. The van der Waals surface area contributed by atoms with Gasteiger partial charge < -0.3 is 14.8 Å². The fourth-order valence-electron chi connectivity index (χ4n) is 3.43. The Morgan fingerprint density at radius 3 is 2.48 bits per heavy atom. The number of ether oxygens (including phenoxy) is 2. The van der Waals surface area contributed by atoms with Crippen molar-refractivity contribution in [3.63, 3.8) is 0 Å². The molecule has 0 aliphatic carbocycles. The van der Waals surface area contributed by atoms with E-state index < -0.39 is 18.1 Å². The molecule has 1 amide bonds. The van der Waals surface area contributed by atoms with Crippen LogP contribution < -0.4 is 10.1 Å². The molecule has 1 aliphatic rings. The number of rotatable bonds is 8. The highest BCUT2D eigenvalue weighted by Crippen LogP contribution is 2.24. The Bertz CT molecular complexity index is 1150. The van der Waals surface area contributed by atoms with Crippen molar-refractivity contribution in [2.75, 3.05) is 6.61 Å². The minimum absolute atomic E-state index is 0.0869. The van der Waals surface area contributed by atoms with E-state index >= 15 is 0 Å². The van der Waals surface area contributed by atoms with Crippen molar-refractivity contribution < 1.29 is 23.9 Å². The Hall–Kier alpha value is -3.65. The standard InChI is InChI=1S/C25H22N2O5S/c1-16-6-5-13-26-22(16)21(32-23(28)18-7-3-2-4-8-18)15-31-19-11-9-17(10-12-19)14-20-24(29)33-25(30)27-20/h2-13,20-21H,14-15H2,1H3,(H,27,30). The highest BCUT2D eigenvalue weighted by atomic mass is 32.2. The van der Waals surface area contributed by atoms with Crippen LogP contribution in [0.1, 0.15) is 33.3 Å². The molecule has 33 heavy (non-hydrogen) atoms. The van der Waals surface area contributed by atoms with Gasteiger partial charge in [0.1, 0.15) is 18.4 Å². The molecular weight excluding hydrogens is 440 g/mol. The van der Waals surface area contributed by atoms with Crippen molar-refractivity contribution >= 4 is 28.1 Å². The number of pyridine rings is 1. The molecule has 0 bridgehead atoms. The fourth-order valence-corrected chi connectivity index (χ4v) is 4.10. The van der Waals surface area contributed by atoms with Crippen LogP contribution in [-0.4, -0.2) is 34.0 Å². The normalized spacial score (nSPS) is 16.2. The average molecular weight is 463 g/mol. The van der Waals surface area contributed by atoms with Crippen LogP contribution in [0, 0.1) is 6.92 Å². The summed E-state index contributed by atoms with van der Waals surface area (Å²) in [4.78, 5) is 40.2. The van der Waals surface area contributed by atoms with Gasteiger partial charge in [-0.1, -0.05) is 36.4 Å². The highest BCUT2D eigenvalue weighted by molar-refractivity contribution is 8.26. The lowest BCUT2D eigenvalue weighted by atomic mass is 10.1. The molecule has 1 fully saturated rings. The Morgan fingerprint density at radius 2 is 1.82 bits per heavy atom. The first-order chi connectivity index (χ1) is 16.0. The lowest BCUT2D eigenvalue weighted by Gasteiger charge is -2.20. The van der Waals surface area contributed by atoms with E-state index in [1.807, 2.05) is 37.3 Å². The zero-order valence-corrected chi connectivity index (χ0v) is 18.7. The summed E-state index contributed by atoms with van der Waals surface area (Å²) in [7, 11) is 0. The SMILES string of the molecule is Cc1cccnc1C(COc1ccc(CC2NC(=O)SC2=O)cc1)OC(=O)c1ccccc1. The number of carbonyl (C=O) groups excluding carboxylic acids is 3. The van der Waals surface area contributed by atoms with Crippen LogP contribution in [0.2, 0.25) is 0 Å². The molecule has 0 saturated carbocycles. The number of hydrogen-bond donors (Lipinski definition) is 1. The lowest BCUT2D eigenvalue weighted by Crippen LogP contribution is -2.30. The molecule has 8 heteroatoms. The van der Waals surface area contributed by atoms with Crippen LogP contribution in [0.15, 0.2) is 72.9 Å². The van der Waals surface area contributed by atoms with E-state index in [4.69, 9.17) is 9.47 Å². The second-order valence-corrected chi connectivity index (χ2v) is 8.51. The summed E-state index contributed by atoms with van der Waals surface area (Å²) >= 11 is 0.703. The highest BCUT2D eigenvalue weighted by Gasteiger charge is 2.31. The van der Waals surface area contributed by atoms with E-state index in [0.29, 0.717) is 35.2 Å². The third-order valence-electron chi connectivity index (χ3n) is 5.15. The minimum atomic E-state index is -0.693. The largest absolute Gasteiger partial charge is 0.489 e. The number of benzene rings is 2. The Morgan fingerprint density at radius 1 is 1.06 bits per heavy atom. The molecule has 2 unspecified atom stereocenters. The van der Waals surface area contributed by atoms with Gasteiger partial charge in [0.25, 0.3) is 5.24 Å². The van der Waals surface area contributed by atoms with Gasteiger partial charge in [0, 0.05) is 24.4 Å². The van der Waals surface area contributed by atoms with Gasteiger partial charge in [-0.3, -0.25) is 14.6 Å². The molecule has 1 N–H and O–H groups in total. The van der Waals surface area contributed by atoms with Gasteiger partial charge in [-0.15, -0.1) is 0 Å². The summed E-state index contributed by atoms with van der Waals surface area (Å²) in [5, 5.41) is 2.16. The quantitative estimate of drug-likeness (QED) is 0.500. The molecule has 1 aromatic heterocycles. The van der Waals surface area contributed by atoms with E-state index in [2.05, 4.69) is 10.3 Å². The molecule has 1 aliphatic heterocycles. The van der Waals surface area contributed by atoms with Gasteiger partial charge in [-0.05, 0) is 48.4 Å². The predicted molar refractivity (Wildman–Crippen MR) is 124 cm³/mol. The zero-order valence-electron chi connectivity index (χ0n) is 17.9. The molecule has 0 radical (unpaired) electrons. The first-order valence-electron chi connectivity index (χ1n) is 10.4. The third kappa shape index (κ3) is 5.78. The monoisotopic (exact) mass is 462 g/mol. The van der Waals surface area contributed by atoms with Crippen molar-refractivity contribution in [3.05, 3.63) is 95.3 Å². The molecule has 0 spiro atoms. The summed E-state index contributed by atoms with van der Waals surface area (Å²) in [5.41, 5.74) is 2.87. The van der Waals surface area contributed by atoms with Crippen LogP contribution >= 0.6 is 11.8 Å². The number of aryl methyl sites for hydroxylation is 1. The molecule has 2 atom stereocenters. The topological polar surface area (TPSA) is 94.6 Å². The van der Waals surface area contributed by atoms with Crippen molar-refractivity contribution in [3.8, 4) is 5.75 Å². The molecule has 3 aromatic rings. The second kappa shape index (κ2) is 10.3. The van der Waals surface area contributed by atoms with Crippen LogP contribution in [0.3, 0.4) is 0 Å². The maximum Gasteiger partial charge on any atom is 0.338 e. The minimum Gasteiger partial charge on any atom is -0.489 e. The number of hydrogen-bond acceptors (Lipinski definition) is 7. The molecule has 2 aromatic carbocycles. The van der Waals surface area contributed by atoms with E-state index in [1.54, 1.807) is 42.6 Å². The van der Waals surface area contributed by atoms with E-state index in [0.717, 1.165) is 11.1 Å². The van der Waals surface area contributed by atoms with Gasteiger partial charge in [-0.25, -0.2) is 4.79 Å². The van der Waals surface area contributed by atoms with Gasteiger partial charge in [-0.2, -0.15) is 0 Å². The number of nitrogens with zero attached hydrogens (tertiary/aromatic N) is 1. The van der Waals surface area contributed by atoms with Gasteiger partial charge in [0.05, 0.1) is 11.3 Å². The van der Waals surface area contributed by atoms with Crippen LogP contribution in [0.4, 0.5) is 4.79 Å². The maximum absolute atomic E-state index is 12.6. The summed E-state index contributed by atoms with van der Waals surface area (Å²) in [6, 6.07) is 19.2. The number of amides is 1. The number of nitrogens with one attached hydrogen (secondary N) is 1. The second-order valence-electron chi connectivity index (χ2n) is 7.53. The summed E-state index contributed by atoms with van der Waals surface area (Å²) in [6.07, 6.45) is 1.38. The molecule has 7 nitrogen and oxygen atoms in total. The summed E-state index contributed by atoms with van der Waals surface area (Å²) in [6.45, 7) is 1.99. The smallest absolute Gasteiger partial charge is 0.338 e. The summed E-state index contributed by atoms with van der Waals surface area (Å²) < 4.78 is 11.7. The maximum atomic E-state index is 12.6. The lowest BCUT2D eigenvalue weighted by molar-refractivity contribution is -0.112. The van der Waals surface area contributed by atoms with Crippen molar-refractivity contribution in [1.82, 2.24) is 10.3 Å². The molecule has 2 heterocycles. The Balaban J connectivity index is 1.43. The van der Waals surface area contributed by atoms with Crippen LogP contribution in [-0.2, 0) is 16.0 Å².